The van der Waals surface area contributed by atoms with Crippen LogP contribution in [-0.2, 0) is 12.8 Å². The van der Waals surface area contributed by atoms with E-state index in [1.807, 2.05) is 31.1 Å². The van der Waals surface area contributed by atoms with Crippen LogP contribution in [0.25, 0.3) is 12.2 Å². The van der Waals surface area contributed by atoms with Crippen LogP contribution in [0.15, 0.2) is 144 Å². The number of pyridine rings is 1. The van der Waals surface area contributed by atoms with E-state index in [2.05, 4.69) is 230 Å². The van der Waals surface area contributed by atoms with E-state index in [0.717, 1.165) is 19.3 Å². The highest BCUT2D eigenvalue weighted by atomic mass is 15.2. The van der Waals surface area contributed by atoms with Gasteiger partial charge in [0, 0.05) is 67.8 Å². The molecule has 0 amide bonds. The largest absolute Gasteiger partial charge is 0.347 e. The van der Waals surface area contributed by atoms with Gasteiger partial charge in [0.05, 0.1) is 30.2 Å². The monoisotopic (exact) mass is 874 g/mol. The summed E-state index contributed by atoms with van der Waals surface area (Å²) in [4.78, 5) is 23.3. The molecule has 2 aromatic heterocycles. The molecule has 0 radical (unpaired) electrons. The fourth-order valence-electron chi connectivity index (χ4n) is 8.54. The second-order valence-corrected chi connectivity index (χ2v) is 23.6. The fraction of sp³-hybridized carbons (Fsp3) is 0.483. The van der Waals surface area contributed by atoms with Crippen LogP contribution in [0.1, 0.15) is 146 Å². The van der Waals surface area contributed by atoms with Crippen molar-refractivity contribution < 1.29 is 0 Å². The van der Waals surface area contributed by atoms with Crippen LogP contribution in [0.5, 0.6) is 0 Å². The third-order valence-corrected chi connectivity index (χ3v) is 13.3. The minimum absolute atomic E-state index is 0.251. The summed E-state index contributed by atoms with van der Waals surface area (Å²) in [6, 6.07) is 3.80. The van der Waals surface area contributed by atoms with Gasteiger partial charge in [-0.05, 0) is 105 Å². The van der Waals surface area contributed by atoms with Crippen molar-refractivity contribution in [2.45, 2.75) is 154 Å². The molecular formula is C58H79N7. The predicted molar refractivity (Wildman–Crippen MR) is 276 cm³/mol. The molecule has 7 nitrogen and oxygen atoms in total. The summed E-state index contributed by atoms with van der Waals surface area (Å²) in [5.74, 6) is 0. The highest BCUT2D eigenvalue weighted by Crippen LogP contribution is 2.40. The van der Waals surface area contributed by atoms with Crippen molar-refractivity contribution in [2.24, 2.45) is 32.1 Å². The molecule has 3 atom stereocenters. The summed E-state index contributed by atoms with van der Waals surface area (Å²) in [6.07, 6.45) is 47.6. The fourth-order valence-corrected chi connectivity index (χ4v) is 8.54. The first-order valence-corrected chi connectivity index (χ1v) is 23.9. The second kappa shape index (κ2) is 19.7. The molecule has 8 heterocycles. The zero-order valence-corrected chi connectivity index (χ0v) is 42.5. The van der Waals surface area contributed by atoms with Crippen molar-refractivity contribution in [3.63, 3.8) is 0 Å². The van der Waals surface area contributed by atoms with Crippen LogP contribution >= 0.6 is 0 Å². The number of fused-ring (bicyclic) bond motifs is 5. The Morgan fingerprint density at radius 1 is 0.492 bits per heavy atom. The normalized spacial score (nSPS) is 21.9. The first kappa shape index (κ1) is 49.1. The molecule has 8 aliphatic rings. The lowest BCUT2D eigenvalue weighted by Gasteiger charge is -2.21. The minimum atomic E-state index is 0.251. The van der Waals surface area contributed by atoms with Crippen molar-refractivity contribution in [1.29, 1.82) is 0 Å². The van der Waals surface area contributed by atoms with E-state index in [1.54, 1.807) is 17.5 Å². The van der Waals surface area contributed by atoms with Crippen LogP contribution < -0.4 is 0 Å². The van der Waals surface area contributed by atoms with Crippen molar-refractivity contribution >= 4 is 18.5 Å². The van der Waals surface area contributed by atoms with Crippen molar-refractivity contribution in [1.82, 2.24) is 29.7 Å². The van der Waals surface area contributed by atoms with Gasteiger partial charge in [-0.15, -0.1) is 0 Å². The lowest BCUT2D eigenvalue weighted by molar-refractivity contribution is 0.443. The highest BCUT2D eigenvalue weighted by Gasteiger charge is 2.31. The smallest absolute Gasteiger partial charge is 0.115 e. The molecule has 2 aliphatic carbocycles. The van der Waals surface area contributed by atoms with Gasteiger partial charge < -0.3 is 14.7 Å². The first-order chi connectivity index (χ1) is 30.4. The van der Waals surface area contributed by atoms with E-state index in [1.165, 1.54) is 51.9 Å². The molecule has 65 heavy (non-hydrogen) atoms. The molecule has 3 unspecified atom stereocenters. The molecule has 0 bridgehead atoms. The van der Waals surface area contributed by atoms with E-state index in [-0.39, 0.29) is 5.41 Å². The number of allylic oxidation sites excluding steroid dienone is 6. The minimum Gasteiger partial charge on any atom is -0.347 e. The summed E-state index contributed by atoms with van der Waals surface area (Å²) >= 11 is 0. The summed E-state index contributed by atoms with van der Waals surface area (Å²) < 4.78 is 0. The molecular weight excluding hydrogens is 795 g/mol. The van der Waals surface area contributed by atoms with E-state index >= 15 is 0 Å². The second-order valence-electron chi connectivity index (χ2n) is 23.6. The van der Waals surface area contributed by atoms with Gasteiger partial charge >= 0.3 is 0 Å². The standard InChI is InChI=1S/C12H15N.2C12H17N.C11H14N2.C11H16N2/c1-12(2,3)11-6-9-4-5-13-8-10(9)7-11;2*1-12(2,3)10-8-11-6-4-5-7-13(11)9-10;1-11(2,3)9-4-8-6-12-7-13-10(8)5-9;1-11(2,3)9-6-10-4-5-12-8-13(10)7-9/h4-5,7-8H,6H2,1-3H3;2*4-7,9,11H,8H2,1-3H3;4,6-7H,5H2,1-3H3;4-5,7-8,10H,6H2,1-3H3. The van der Waals surface area contributed by atoms with Gasteiger partial charge in [0.25, 0.3) is 0 Å². The quantitative estimate of drug-likeness (QED) is 0.263. The average molecular weight is 874 g/mol. The number of aliphatic imine (C=N–C) groups is 1. The van der Waals surface area contributed by atoms with Gasteiger partial charge in [-0.25, -0.2) is 15.0 Å². The number of rotatable bonds is 0. The van der Waals surface area contributed by atoms with Crippen molar-refractivity contribution in [3.05, 3.63) is 161 Å². The first-order valence-electron chi connectivity index (χ1n) is 23.9. The lowest BCUT2D eigenvalue weighted by atomic mass is 9.85. The SMILES string of the molecule is CC(C)(C)C1=CN2C=CC=CC2C1.CC(C)(C)C1=CN2C=CC=CC2C1.CC(C)(C)C1=CN2C=NC=CC2C1.CC(C)(C)C1=Cc2cnccc2C1.CC(C)(C)C1=Cc2cncnc2C1. The van der Waals surface area contributed by atoms with Crippen LogP contribution in [0, 0.1) is 27.1 Å². The van der Waals surface area contributed by atoms with Crippen LogP contribution in [0.2, 0.25) is 0 Å². The molecule has 0 spiro atoms. The van der Waals surface area contributed by atoms with E-state index < -0.39 is 0 Å². The summed E-state index contributed by atoms with van der Waals surface area (Å²) in [6.45, 7) is 34.0. The molecule has 0 aromatic carbocycles. The number of nitrogens with zero attached hydrogens (tertiary/aromatic N) is 7. The maximum absolute atomic E-state index is 4.26. The third kappa shape index (κ3) is 13.2. The third-order valence-electron chi connectivity index (χ3n) is 13.3. The lowest BCUT2D eigenvalue weighted by Crippen LogP contribution is -2.24. The van der Waals surface area contributed by atoms with Crippen molar-refractivity contribution in [3.8, 4) is 0 Å². The zero-order valence-electron chi connectivity index (χ0n) is 42.5. The Morgan fingerprint density at radius 2 is 0.954 bits per heavy atom. The molecule has 0 saturated heterocycles. The molecule has 7 heteroatoms. The van der Waals surface area contributed by atoms with Gasteiger partial charge in [-0.3, -0.25) is 4.98 Å². The van der Waals surface area contributed by atoms with Crippen LogP contribution in [0.4, 0.5) is 0 Å². The molecule has 10 rings (SSSR count). The van der Waals surface area contributed by atoms with E-state index in [0.29, 0.717) is 39.8 Å². The molecule has 6 aliphatic heterocycles. The van der Waals surface area contributed by atoms with Gasteiger partial charge in [0.1, 0.15) is 6.33 Å². The highest BCUT2D eigenvalue weighted by molar-refractivity contribution is 5.64. The number of hydrogen-bond acceptors (Lipinski definition) is 7. The molecule has 346 valence electrons. The van der Waals surface area contributed by atoms with Gasteiger partial charge in [-0.2, -0.15) is 0 Å². The Labute approximate surface area is 393 Å². The van der Waals surface area contributed by atoms with E-state index in [4.69, 9.17) is 0 Å². The van der Waals surface area contributed by atoms with Gasteiger partial charge in [-0.1, -0.05) is 151 Å². The summed E-state index contributed by atoms with van der Waals surface area (Å²) in [5.41, 5.74) is 14.1. The average Bonchev–Trinajstić information content (AvgIpc) is 4.07. The predicted octanol–water partition coefficient (Wildman–Crippen LogP) is 14.2. The Kier molecular flexibility index (Phi) is 14.9. The topological polar surface area (TPSA) is 60.8 Å². The Balaban J connectivity index is 0.000000135. The molecule has 0 saturated carbocycles. The maximum Gasteiger partial charge on any atom is 0.115 e. The molecule has 0 fully saturated rings. The Hall–Kier alpha value is -5.30. The van der Waals surface area contributed by atoms with Crippen molar-refractivity contribution in [2.75, 3.05) is 0 Å². The number of aromatic nitrogens is 3. The Bertz CT molecular complexity index is 2130. The maximum atomic E-state index is 4.26. The van der Waals surface area contributed by atoms with Gasteiger partial charge in [0.15, 0.2) is 0 Å². The van der Waals surface area contributed by atoms with E-state index in [9.17, 15) is 0 Å². The summed E-state index contributed by atoms with van der Waals surface area (Å²) in [5, 5.41) is 0. The summed E-state index contributed by atoms with van der Waals surface area (Å²) in [7, 11) is 0. The number of hydrogen-bond donors (Lipinski definition) is 0. The molecule has 2 aromatic rings. The zero-order chi connectivity index (χ0) is 47.4. The van der Waals surface area contributed by atoms with Crippen LogP contribution in [0.3, 0.4) is 0 Å². The Morgan fingerprint density at radius 3 is 1.42 bits per heavy atom. The molecule has 0 N–H and O–H groups in total. The van der Waals surface area contributed by atoms with Crippen LogP contribution in [-0.4, -0.2) is 54.1 Å². The van der Waals surface area contributed by atoms with Gasteiger partial charge in [0.2, 0.25) is 0 Å².